The van der Waals surface area contributed by atoms with Crippen LogP contribution in [-0.4, -0.2) is 78.9 Å². The lowest BCUT2D eigenvalue weighted by Gasteiger charge is -2.29. The molecule has 0 saturated carbocycles. The zero-order valence-corrected chi connectivity index (χ0v) is 24.6. The van der Waals surface area contributed by atoms with Crippen molar-refractivity contribution in [2.24, 2.45) is 0 Å². The van der Waals surface area contributed by atoms with E-state index in [-0.39, 0.29) is 18.4 Å². The van der Waals surface area contributed by atoms with Crippen molar-refractivity contribution in [1.82, 2.24) is 40.4 Å². The van der Waals surface area contributed by atoms with Crippen molar-refractivity contribution in [2.45, 2.75) is 32.3 Å². The number of nitrogens with zero attached hydrogens (tertiary/aromatic N) is 6. The lowest BCUT2D eigenvalue weighted by Crippen LogP contribution is -2.40. The Bertz CT molecular complexity index is 1400. The van der Waals surface area contributed by atoms with Gasteiger partial charge in [0.2, 0.25) is 5.91 Å². The molecule has 3 N–H and O–H groups in total. The number of hydrogen-bond donors (Lipinski definition) is 3. The van der Waals surface area contributed by atoms with Gasteiger partial charge in [-0.3, -0.25) is 39.3 Å². The summed E-state index contributed by atoms with van der Waals surface area (Å²) in [5, 5.41) is 16.7. The molecule has 0 aliphatic heterocycles. The standard InChI is InChI=1S/C33H38N8O3/c1-2-32(43)37-17-18-38-33(44)26-12-13-30(39-19-26)23-41(22-29-11-5-8-16-36-29)25-31(42)24-40(20-27-9-3-6-14-34-27)21-28-10-4-7-15-35-28/h2-16,19,31,42H,1,17-18,20-25H2,(H,37,43)(H,38,44). The molecule has 0 fully saturated rings. The van der Waals surface area contributed by atoms with Gasteiger partial charge in [0.25, 0.3) is 5.91 Å². The summed E-state index contributed by atoms with van der Waals surface area (Å²) >= 11 is 0. The molecular weight excluding hydrogens is 556 g/mol. The Kier molecular flexibility index (Phi) is 12.6. The zero-order valence-electron chi connectivity index (χ0n) is 24.6. The molecule has 0 bridgehead atoms. The molecule has 11 heteroatoms. The Hall–Kier alpha value is -4.84. The summed E-state index contributed by atoms with van der Waals surface area (Å²) < 4.78 is 0. The SMILES string of the molecule is C=CC(=O)NCCNC(=O)c1ccc(CN(Cc2ccccn2)CC(O)CN(Cc2ccccn2)Cc2ccccn2)nc1. The fourth-order valence-electron chi connectivity index (χ4n) is 4.60. The molecule has 0 radical (unpaired) electrons. The Labute approximate surface area is 257 Å². The highest BCUT2D eigenvalue weighted by Gasteiger charge is 2.19. The van der Waals surface area contributed by atoms with Crippen LogP contribution in [0, 0.1) is 0 Å². The molecule has 4 heterocycles. The number of pyridine rings is 4. The first-order chi connectivity index (χ1) is 21.5. The molecule has 0 aromatic carbocycles. The molecule has 0 saturated heterocycles. The van der Waals surface area contributed by atoms with Gasteiger partial charge in [-0.05, 0) is 54.6 Å². The first-order valence-corrected chi connectivity index (χ1v) is 14.4. The van der Waals surface area contributed by atoms with Gasteiger partial charge in [-0.1, -0.05) is 24.8 Å². The van der Waals surface area contributed by atoms with E-state index in [4.69, 9.17) is 0 Å². The highest BCUT2D eigenvalue weighted by molar-refractivity contribution is 5.93. The van der Waals surface area contributed by atoms with Crippen LogP contribution < -0.4 is 10.6 Å². The molecule has 228 valence electrons. The van der Waals surface area contributed by atoms with E-state index in [1.807, 2.05) is 54.6 Å². The van der Waals surface area contributed by atoms with Crippen LogP contribution in [0.2, 0.25) is 0 Å². The Morgan fingerprint density at radius 3 is 1.59 bits per heavy atom. The van der Waals surface area contributed by atoms with E-state index in [1.165, 1.54) is 12.3 Å². The summed E-state index contributed by atoms with van der Waals surface area (Å²) in [6.45, 7) is 6.86. The maximum Gasteiger partial charge on any atom is 0.252 e. The van der Waals surface area contributed by atoms with Crippen molar-refractivity contribution in [2.75, 3.05) is 26.2 Å². The largest absolute Gasteiger partial charge is 0.390 e. The van der Waals surface area contributed by atoms with Gasteiger partial charge >= 0.3 is 0 Å². The maximum absolute atomic E-state index is 12.5. The summed E-state index contributed by atoms with van der Waals surface area (Å²) in [4.78, 5) is 45.9. The van der Waals surface area contributed by atoms with E-state index in [0.29, 0.717) is 51.4 Å². The van der Waals surface area contributed by atoms with Gasteiger partial charge in [-0.25, -0.2) is 0 Å². The number of hydrogen-bond acceptors (Lipinski definition) is 9. The minimum Gasteiger partial charge on any atom is -0.390 e. The highest BCUT2D eigenvalue weighted by atomic mass is 16.3. The topological polar surface area (TPSA) is 136 Å². The molecule has 11 nitrogen and oxygen atoms in total. The van der Waals surface area contributed by atoms with Gasteiger partial charge in [0, 0.05) is 77.1 Å². The number of aliphatic hydroxyl groups excluding tert-OH is 1. The second-order valence-electron chi connectivity index (χ2n) is 10.2. The van der Waals surface area contributed by atoms with E-state index >= 15 is 0 Å². The Balaban J connectivity index is 1.40. The molecule has 2 amide bonds. The third kappa shape index (κ3) is 11.1. The predicted molar refractivity (Wildman–Crippen MR) is 167 cm³/mol. The molecule has 4 aromatic rings. The fraction of sp³-hybridized carbons (Fsp3) is 0.273. The monoisotopic (exact) mass is 594 g/mol. The highest BCUT2D eigenvalue weighted by Crippen LogP contribution is 2.12. The van der Waals surface area contributed by atoms with Crippen LogP contribution in [0.25, 0.3) is 0 Å². The zero-order chi connectivity index (χ0) is 31.0. The summed E-state index contributed by atoms with van der Waals surface area (Å²) in [7, 11) is 0. The number of amides is 2. The number of aliphatic hydroxyl groups is 1. The minimum atomic E-state index is -0.683. The number of carbonyl (C=O) groups is 2. The molecule has 4 rings (SSSR count). The first kappa shape index (κ1) is 32.1. The molecular formula is C33H38N8O3. The van der Waals surface area contributed by atoms with Crippen LogP contribution in [0.1, 0.15) is 33.1 Å². The van der Waals surface area contributed by atoms with Crippen molar-refractivity contribution in [3.05, 3.63) is 133 Å². The average Bonchev–Trinajstić information content (AvgIpc) is 3.04. The van der Waals surface area contributed by atoms with Crippen LogP contribution in [0.3, 0.4) is 0 Å². The van der Waals surface area contributed by atoms with Gasteiger partial charge < -0.3 is 15.7 Å². The van der Waals surface area contributed by atoms with Gasteiger partial charge in [0.05, 0.1) is 34.4 Å². The van der Waals surface area contributed by atoms with Gasteiger partial charge in [-0.2, -0.15) is 0 Å². The number of aromatic nitrogens is 4. The van der Waals surface area contributed by atoms with Crippen molar-refractivity contribution >= 4 is 11.8 Å². The third-order valence-corrected chi connectivity index (χ3v) is 6.64. The summed E-state index contributed by atoms with van der Waals surface area (Å²) in [6, 6.07) is 20.9. The second kappa shape index (κ2) is 17.3. The fourth-order valence-corrected chi connectivity index (χ4v) is 4.60. The van der Waals surface area contributed by atoms with Crippen LogP contribution in [-0.2, 0) is 31.0 Å². The third-order valence-electron chi connectivity index (χ3n) is 6.64. The number of nitrogens with one attached hydrogen (secondary N) is 2. The summed E-state index contributed by atoms with van der Waals surface area (Å²) in [5.74, 6) is -0.571. The normalized spacial score (nSPS) is 11.7. The van der Waals surface area contributed by atoms with Crippen LogP contribution in [0.15, 0.2) is 104 Å². The van der Waals surface area contributed by atoms with Crippen LogP contribution >= 0.6 is 0 Å². The number of rotatable bonds is 17. The van der Waals surface area contributed by atoms with Crippen LogP contribution in [0.4, 0.5) is 0 Å². The van der Waals surface area contributed by atoms with E-state index in [9.17, 15) is 14.7 Å². The van der Waals surface area contributed by atoms with Gasteiger partial charge in [0.1, 0.15) is 0 Å². The molecule has 0 aliphatic carbocycles. The lowest BCUT2D eigenvalue weighted by atomic mass is 10.2. The predicted octanol–water partition coefficient (Wildman–Crippen LogP) is 2.36. The summed E-state index contributed by atoms with van der Waals surface area (Å²) in [6.07, 6.45) is 7.32. The van der Waals surface area contributed by atoms with E-state index < -0.39 is 6.10 Å². The average molecular weight is 595 g/mol. The van der Waals surface area contributed by atoms with Crippen LogP contribution in [0.5, 0.6) is 0 Å². The smallest absolute Gasteiger partial charge is 0.252 e. The molecule has 1 unspecified atom stereocenters. The summed E-state index contributed by atoms with van der Waals surface area (Å²) in [5.41, 5.74) is 3.87. The Morgan fingerprint density at radius 1 is 0.705 bits per heavy atom. The van der Waals surface area contributed by atoms with Gasteiger partial charge in [-0.15, -0.1) is 0 Å². The van der Waals surface area contributed by atoms with Crippen molar-refractivity contribution in [1.29, 1.82) is 0 Å². The molecule has 4 aromatic heterocycles. The molecule has 1 atom stereocenters. The quantitative estimate of drug-likeness (QED) is 0.124. The Morgan fingerprint density at radius 2 is 1.18 bits per heavy atom. The van der Waals surface area contributed by atoms with E-state index in [0.717, 1.165) is 22.8 Å². The lowest BCUT2D eigenvalue weighted by molar-refractivity contribution is -0.116. The first-order valence-electron chi connectivity index (χ1n) is 14.4. The van der Waals surface area contributed by atoms with Crippen molar-refractivity contribution in [3.63, 3.8) is 0 Å². The van der Waals surface area contributed by atoms with E-state index in [1.54, 1.807) is 30.7 Å². The molecule has 0 spiro atoms. The van der Waals surface area contributed by atoms with Gasteiger partial charge in [0.15, 0.2) is 0 Å². The maximum atomic E-state index is 12.5. The second-order valence-corrected chi connectivity index (χ2v) is 10.2. The van der Waals surface area contributed by atoms with Crippen molar-refractivity contribution < 1.29 is 14.7 Å². The van der Waals surface area contributed by atoms with E-state index in [2.05, 4.69) is 46.9 Å². The van der Waals surface area contributed by atoms with Crippen molar-refractivity contribution in [3.8, 4) is 0 Å². The minimum absolute atomic E-state index is 0.279. The molecule has 44 heavy (non-hydrogen) atoms. The number of carbonyl (C=O) groups excluding carboxylic acids is 2. The molecule has 0 aliphatic rings.